The predicted octanol–water partition coefficient (Wildman–Crippen LogP) is 1.78. The molecular formula is C15H20N4O3. The molecule has 2 aromatic rings. The van der Waals surface area contributed by atoms with Gasteiger partial charge in [0, 0.05) is 6.54 Å². The summed E-state index contributed by atoms with van der Waals surface area (Å²) in [4.78, 5) is 11.7. The first-order valence-corrected chi connectivity index (χ1v) is 6.96. The minimum atomic E-state index is -0.536. The zero-order chi connectivity index (χ0) is 16.2. The standard InChI is InChI=1S/C15H20N4O3/c1-15(2,3)22-14(21)16-8-11-6-4-5-7-13(11)19-9-12(10-20)17-18-19/h4-7,9,20H,8,10H2,1-3H3,(H,16,21). The Morgan fingerprint density at radius 1 is 1.36 bits per heavy atom. The molecule has 2 N–H and O–H groups in total. The first-order chi connectivity index (χ1) is 10.4. The van der Waals surface area contributed by atoms with Gasteiger partial charge in [-0.15, -0.1) is 5.10 Å². The number of aliphatic hydroxyl groups excluding tert-OH is 1. The second kappa shape index (κ2) is 6.57. The Hall–Kier alpha value is -2.41. The largest absolute Gasteiger partial charge is 0.444 e. The van der Waals surface area contributed by atoms with E-state index in [0.29, 0.717) is 12.2 Å². The average Bonchev–Trinajstić information content (AvgIpc) is 2.92. The Labute approximate surface area is 128 Å². The number of aromatic nitrogens is 3. The number of hydrogen-bond donors (Lipinski definition) is 2. The van der Waals surface area contributed by atoms with Gasteiger partial charge in [-0.2, -0.15) is 0 Å². The summed E-state index contributed by atoms with van der Waals surface area (Å²) >= 11 is 0. The van der Waals surface area contributed by atoms with Gasteiger partial charge < -0.3 is 15.2 Å². The maximum atomic E-state index is 11.7. The van der Waals surface area contributed by atoms with E-state index in [1.807, 2.05) is 45.0 Å². The molecule has 0 unspecified atom stereocenters. The summed E-state index contributed by atoms with van der Waals surface area (Å²) in [6, 6.07) is 7.49. The molecule has 7 nitrogen and oxygen atoms in total. The van der Waals surface area contributed by atoms with Gasteiger partial charge >= 0.3 is 6.09 Å². The highest BCUT2D eigenvalue weighted by atomic mass is 16.6. The summed E-state index contributed by atoms with van der Waals surface area (Å²) < 4.78 is 6.78. The number of hydrogen-bond acceptors (Lipinski definition) is 5. The smallest absolute Gasteiger partial charge is 0.407 e. The van der Waals surface area contributed by atoms with Gasteiger partial charge in [0.25, 0.3) is 0 Å². The maximum Gasteiger partial charge on any atom is 0.407 e. The number of rotatable bonds is 4. The van der Waals surface area contributed by atoms with Crippen molar-refractivity contribution in [2.45, 2.75) is 39.5 Å². The molecule has 0 spiro atoms. The molecule has 0 bridgehead atoms. The summed E-state index contributed by atoms with van der Waals surface area (Å²) in [5.41, 5.74) is 1.59. The molecule has 0 radical (unpaired) electrons. The van der Waals surface area contributed by atoms with Crippen molar-refractivity contribution in [3.63, 3.8) is 0 Å². The minimum Gasteiger partial charge on any atom is -0.444 e. The molecule has 0 saturated heterocycles. The van der Waals surface area contributed by atoms with E-state index in [-0.39, 0.29) is 6.61 Å². The van der Waals surface area contributed by atoms with Crippen molar-refractivity contribution in [2.24, 2.45) is 0 Å². The van der Waals surface area contributed by atoms with E-state index in [9.17, 15) is 4.79 Å². The summed E-state index contributed by atoms with van der Waals surface area (Å²) in [5.74, 6) is 0. The molecular weight excluding hydrogens is 284 g/mol. The molecule has 0 saturated carbocycles. The number of nitrogens with one attached hydrogen (secondary N) is 1. The minimum absolute atomic E-state index is 0.168. The lowest BCUT2D eigenvalue weighted by Gasteiger charge is -2.20. The summed E-state index contributed by atoms with van der Waals surface area (Å²) in [7, 11) is 0. The Morgan fingerprint density at radius 2 is 2.09 bits per heavy atom. The van der Waals surface area contributed by atoms with Crippen molar-refractivity contribution in [1.82, 2.24) is 20.3 Å². The van der Waals surface area contributed by atoms with Crippen LogP contribution in [0.25, 0.3) is 5.69 Å². The van der Waals surface area contributed by atoms with E-state index in [1.165, 1.54) is 0 Å². The Bertz CT molecular complexity index is 646. The summed E-state index contributed by atoms with van der Waals surface area (Å²) in [5, 5.41) is 19.6. The van der Waals surface area contributed by atoms with Gasteiger partial charge in [-0.1, -0.05) is 23.4 Å². The number of benzene rings is 1. The van der Waals surface area contributed by atoms with Crippen LogP contribution in [0.15, 0.2) is 30.5 Å². The second-order valence-electron chi connectivity index (χ2n) is 5.80. The van der Waals surface area contributed by atoms with Gasteiger partial charge in [-0.25, -0.2) is 9.48 Å². The normalized spacial score (nSPS) is 11.3. The molecule has 0 fully saturated rings. The maximum absolute atomic E-state index is 11.7. The fraction of sp³-hybridized carbons (Fsp3) is 0.400. The topological polar surface area (TPSA) is 89.3 Å². The monoisotopic (exact) mass is 304 g/mol. The lowest BCUT2D eigenvalue weighted by molar-refractivity contribution is 0.0523. The second-order valence-corrected chi connectivity index (χ2v) is 5.80. The van der Waals surface area contributed by atoms with Crippen molar-refractivity contribution in [2.75, 3.05) is 0 Å². The highest BCUT2D eigenvalue weighted by Crippen LogP contribution is 2.14. The fourth-order valence-corrected chi connectivity index (χ4v) is 1.85. The van der Waals surface area contributed by atoms with Crippen LogP contribution in [0.4, 0.5) is 4.79 Å². The van der Waals surface area contributed by atoms with Gasteiger partial charge in [-0.05, 0) is 32.4 Å². The number of alkyl carbamates (subject to hydrolysis) is 1. The van der Waals surface area contributed by atoms with Crippen LogP contribution < -0.4 is 5.32 Å². The molecule has 22 heavy (non-hydrogen) atoms. The van der Waals surface area contributed by atoms with E-state index in [2.05, 4.69) is 15.6 Å². The number of amides is 1. The van der Waals surface area contributed by atoms with E-state index in [1.54, 1.807) is 10.9 Å². The van der Waals surface area contributed by atoms with Gasteiger partial charge in [-0.3, -0.25) is 0 Å². The van der Waals surface area contributed by atoms with Crippen LogP contribution in [0.2, 0.25) is 0 Å². The molecule has 0 aliphatic rings. The third-order valence-corrected chi connectivity index (χ3v) is 2.76. The van der Waals surface area contributed by atoms with E-state index >= 15 is 0 Å². The van der Waals surface area contributed by atoms with Crippen LogP contribution in [0.3, 0.4) is 0 Å². The summed E-state index contributed by atoms with van der Waals surface area (Å²) in [6.45, 7) is 5.57. The van der Waals surface area contributed by atoms with Crippen LogP contribution >= 0.6 is 0 Å². The van der Waals surface area contributed by atoms with E-state index < -0.39 is 11.7 Å². The summed E-state index contributed by atoms with van der Waals surface area (Å²) in [6.07, 6.45) is 1.17. The Morgan fingerprint density at radius 3 is 2.73 bits per heavy atom. The van der Waals surface area contributed by atoms with Crippen LogP contribution in [-0.4, -0.2) is 31.8 Å². The third-order valence-electron chi connectivity index (χ3n) is 2.76. The zero-order valence-corrected chi connectivity index (χ0v) is 12.9. The van der Waals surface area contributed by atoms with Crippen molar-refractivity contribution in [3.05, 3.63) is 41.7 Å². The lowest BCUT2D eigenvalue weighted by Crippen LogP contribution is -2.32. The molecule has 0 atom stereocenters. The first kappa shape index (κ1) is 16.0. The van der Waals surface area contributed by atoms with E-state index in [4.69, 9.17) is 9.84 Å². The fourth-order valence-electron chi connectivity index (χ4n) is 1.85. The molecule has 1 amide bonds. The number of carbonyl (C=O) groups excluding carboxylic acids is 1. The van der Waals surface area contributed by atoms with Gasteiger partial charge in [0.2, 0.25) is 0 Å². The van der Waals surface area contributed by atoms with Crippen LogP contribution in [0.5, 0.6) is 0 Å². The molecule has 1 aromatic carbocycles. The quantitative estimate of drug-likeness (QED) is 0.899. The average molecular weight is 304 g/mol. The molecule has 2 rings (SSSR count). The van der Waals surface area contributed by atoms with Crippen molar-refractivity contribution in [1.29, 1.82) is 0 Å². The van der Waals surface area contributed by atoms with Crippen LogP contribution in [0.1, 0.15) is 32.0 Å². The molecule has 0 aliphatic heterocycles. The molecule has 1 aromatic heterocycles. The van der Waals surface area contributed by atoms with Gasteiger partial charge in [0.05, 0.1) is 18.5 Å². The highest BCUT2D eigenvalue weighted by molar-refractivity contribution is 5.67. The van der Waals surface area contributed by atoms with Gasteiger partial charge in [0.1, 0.15) is 11.3 Å². The number of ether oxygens (including phenoxy) is 1. The van der Waals surface area contributed by atoms with Crippen molar-refractivity contribution < 1.29 is 14.6 Å². The van der Waals surface area contributed by atoms with E-state index in [0.717, 1.165) is 11.3 Å². The Balaban J connectivity index is 2.10. The molecule has 0 aliphatic carbocycles. The Kier molecular flexibility index (Phi) is 4.77. The van der Waals surface area contributed by atoms with Gasteiger partial charge in [0.15, 0.2) is 0 Å². The predicted molar refractivity (Wildman–Crippen MR) is 80.4 cm³/mol. The SMILES string of the molecule is CC(C)(C)OC(=O)NCc1ccccc1-n1cc(CO)nn1. The number of carbonyl (C=O) groups is 1. The number of aliphatic hydroxyl groups is 1. The van der Waals surface area contributed by atoms with Crippen molar-refractivity contribution >= 4 is 6.09 Å². The zero-order valence-electron chi connectivity index (χ0n) is 12.9. The lowest BCUT2D eigenvalue weighted by atomic mass is 10.2. The third kappa shape index (κ3) is 4.29. The first-order valence-electron chi connectivity index (χ1n) is 6.96. The molecule has 1 heterocycles. The van der Waals surface area contributed by atoms with Crippen molar-refractivity contribution in [3.8, 4) is 5.69 Å². The molecule has 118 valence electrons. The highest BCUT2D eigenvalue weighted by Gasteiger charge is 2.16. The molecule has 7 heteroatoms. The number of para-hydroxylation sites is 1. The number of nitrogens with zero attached hydrogens (tertiary/aromatic N) is 3. The van der Waals surface area contributed by atoms with Crippen LogP contribution in [-0.2, 0) is 17.9 Å². The van der Waals surface area contributed by atoms with Crippen LogP contribution in [0, 0.1) is 0 Å².